The van der Waals surface area contributed by atoms with Gasteiger partial charge in [-0.25, -0.2) is 12.8 Å². The van der Waals surface area contributed by atoms with Gasteiger partial charge < -0.3 is 5.32 Å². The monoisotopic (exact) mass is 346 g/mol. The lowest BCUT2D eigenvalue weighted by molar-refractivity contribution is -0.132. The van der Waals surface area contributed by atoms with E-state index in [0.29, 0.717) is 19.4 Å². The van der Waals surface area contributed by atoms with Gasteiger partial charge in [0, 0.05) is 19.6 Å². The predicted molar refractivity (Wildman–Crippen MR) is 79.5 cm³/mol. The Morgan fingerprint density at radius 1 is 1.32 bits per heavy atom. The number of carbonyl (C=O) groups excluding carboxylic acids is 1. The highest BCUT2D eigenvalue weighted by Gasteiger charge is 2.48. The first-order valence-corrected chi connectivity index (χ1v) is 8.90. The Balaban J connectivity index is 1.88. The third-order valence-corrected chi connectivity index (χ3v) is 6.58. The molecule has 3 rings (SSSR count). The summed E-state index contributed by atoms with van der Waals surface area (Å²) in [6, 6.07) is 3.34. The zero-order valence-corrected chi connectivity index (χ0v) is 13.4. The number of nitrogens with one attached hydrogen (secondary N) is 1. The average molecular weight is 347 g/mol. The van der Waals surface area contributed by atoms with Gasteiger partial charge in [0.1, 0.15) is 5.82 Å². The molecule has 2 aliphatic heterocycles. The van der Waals surface area contributed by atoms with Crippen LogP contribution in [0.3, 0.4) is 0 Å². The summed E-state index contributed by atoms with van der Waals surface area (Å²) < 4.78 is 39.8. The van der Waals surface area contributed by atoms with E-state index >= 15 is 0 Å². The third kappa shape index (κ3) is 2.51. The van der Waals surface area contributed by atoms with E-state index in [9.17, 15) is 17.6 Å². The fraction of sp³-hybridized carbons (Fsp3) is 0.500. The second-order valence-corrected chi connectivity index (χ2v) is 8.15. The predicted octanol–water partition coefficient (Wildman–Crippen LogP) is 1.77. The molecule has 2 saturated heterocycles. The molecule has 1 aromatic carbocycles. The van der Waals surface area contributed by atoms with Gasteiger partial charge in [-0.05, 0) is 37.5 Å². The topological polar surface area (TPSA) is 66.5 Å². The van der Waals surface area contributed by atoms with Crippen LogP contribution in [0.2, 0.25) is 5.02 Å². The maximum Gasteiger partial charge on any atom is 0.243 e. The molecular formula is C14H16ClFN2O3S. The van der Waals surface area contributed by atoms with Crippen molar-refractivity contribution in [3.05, 3.63) is 29.0 Å². The minimum absolute atomic E-state index is 0.0489. The van der Waals surface area contributed by atoms with E-state index in [1.54, 1.807) is 0 Å². The number of nitrogens with zero attached hydrogens (tertiary/aromatic N) is 1. The van der Waals surface area contributed by atoms with Crippen LogP contribution in [-0.4, -0.2) is 38.3 Å². The summed E-state index contributed by atoms with van der Waals surface area (Å²) in [5.41, 5.74) is -0.630. The fourth-order valence-corrected chi connectivity index (χ4v) is 4.94. The lowest BCUT2D eigenvalue weighted by atomic mass is 9.79. The van der Waals surface area contributed by atoms with Crippen molar-refractivity contribution in [1.29, 1.82) is 0 Å². The smallest absolute Gasteiger partial charge is 0.243 e. The average Bonchev–Trinajstić information content (AvgIpc) is 2.91. The van der Waals surface area contributed by atoms with Crippen LogP contribution < -0.4 is 5.32 Å². The minimum Gasteiger partial charge on any atom is -0.356 e. The number of carbonyl (C=O) groups is 1. The van der Waals surface area contributed by atoms with Gasteiger partial charge in [0.2, 0.25) is 15.9 Å². The van der Waals surface area contributed by atoms with Crippen molar-refractivity contribution in [2.75, 3.05) is 19.6 Å². The van der Waals surface area contributed by atoms with Crippen molar-refractivity contribution in [2.45, 2.75) is 24.2 Å². The summed E-state index contributed by atoms with van der Waals surface area (Å²) in [4.78, 5) is 12.1. The summed E-state index contributed by atoms with van der Waals surface area (Å²) in [7, 11) is -3.77. The SMILES string of the molecule is O=C1NCCC[C@]12CCN(S(=O)(=O)c1ccc(F)c(Cl)c1)C2. The number of piperidine rings is 1. The van der Waals surface area contributed by atoms with E-state index < -0.39 is 21.3 Å². The summed E-state index contributed by atoms with van der Waals surface area (Å²) in [5, 5.41) is 2.58. The van der Waals surface area contributed by atoms with Crippen molar-refractivity contribution >= 4 is 27.5 Å². The van der Waals surface area contributed by atoms with Gasteiger partial charge in [-0.3, -0.25) is 4.79 Å². The van der Waals surface area contributed by atoms with Crippen molar-refractivity contribution in [1.82, 2.24) is 9.62 Å². The van der Waals surface area contributed by atoms with Gasteiger partial charge in [0.25, 0.3) is 0 Å². The van der Waals surface area contributed by atoms with Crippen LogP contribution in [0.4, 0.5) is 4.39 Å². The van der Waals surface area contributed by atoms with Gasteiger partial charge in [0.15, 0.2) is 0 Å². The number of sulfonamides is 1. The normalized spacial score (nSPS) is 26.4. The largest absolute Gasteiger partial charge is 0.356 e. The molecule has 5 nitrogen and oxygen atoms in total. The van der Waals surface area contributed by atoms with Crippen LogP contribution in [0.1, 0.15) is 19.3 Å². The zero-order valence-electron chi connectivity index (χ0n) is 11.8. The Labute approximate surface area is 133 Å². The number of benzene rings is 1. The lowest BCUT2D eigenvalue weighted by Crippen LogP contribution is -2.47. The van der Waals surface area contributed by atoms with Crippen LogP contribution in [0, 0.1) is 11.2 Å². The number of rotatable bonds is 2. The highest BCUT2D eigenvalue weighted by atomic mass is 35.5. The van der Waals surface area contributed by atoms with Crippen molar-refractivity contribution < 1.29 is 17.6 Å². The number of hydrogen-bond acceptors (Lipinski definition) is 3. The van der Waals surface area contributed by atoms with Gasteiger partial charge in [-0.1, -0.05) is 11.6 Å². The van der Waals surface area contributed by atoms with E-state index in [-0.39, 0.29) is 28.9 Å². The first kappa shape index (κ1) is 15.7. The van der Waals surface area contributed by atoms with Crippen LogP contribution >= 0.6 is 11.6 Å². The number of hydrogen-bond donors (Lipinski definition) is 1. The first-order valence-electron chi connectivity index (χ1n) is 7.09. The molecule has 2 aliphatic rings. The highest BCUT2D eigenvalue weighted by molar-refractivity contribution is 7.89. The van der Waals surface area contributed by atoms with Gasteiger partial charge in [-0.15, -0.1) is 0 Å². The zero-order chi connectivity index (χ0) is 16.0. The molecule has 1 amide bonds. The molecule has 0 radical (unpaired) electrons. The van der Waals surface area contributed by atoms with Crippen molar-refractivity contribution in [3.8, 4) is 0 Å². The Morgan fingerprint density at radius 2 is 2.09 bits per heavy atom. The molecular weight excluding hydrogens is 331 g/mol. The van der Waals surface area contributed by atoms with Crippen molar-refractivity contribution in [2.24, 2.45) is 5.41 Å². The molecule has 8 heteroatoms. The Bertz CT molecular complexity index is 725. The Morgan fingerprint density at radius 3 is 2.77 bits per heavy atom. The van der Waals surface area contributed by atoms with Crippen LogP contribution in [-0.2, 0) is 14.8 Å². The molecule has 1 atom stereocenters. The molecule has 0 aromatic heterocycles. The van der Waals surface area contributed by atoms with Gasteiger partial charge in [-0.2, -0.15) is 4.31 Å². The van der Waals surface area contributed by atoms with E-state index in [1.165, 1.54) is 10.4 Å². The quantitative estimate of drug-likeness (QED) is 0.887. The second kappa shape index (κ2) is 5.47. The molecule has 0 bridgehead atoms. The molecule has 1 aromatic rings. The van der Waals surface area contributed by atoms with E-state index in [4.69, 9.17) is 11.6 Å². The van der Waals surface area contributed by atoms with Crippen molar-refractivity contribution in [3.63, 3.8) is 0 Å². The summed E-state index contributed by atoms with van der Waals surface area (Å²) >= 11 is 5.67. The molecule has 2 heterocycles. The van der Waals surface area contributed by atoms with Crippen LogP contribution in [0.25, 0.3) is 0 Å². The van der Waals surface area contributed by atoms with Gasteiger partial charge >= 0.3 is 0 Å². The Kier molecular flexibility index (Phi) is 3.91. The molecule has 120 valence electrons. The third-order valence-electron chi connectivity index (χ3n) is 4.45. The number of amides is 1. The molecule has 0 saturated carbocycles. The van der Waals surface area contributed by atoms with E-state index in [0.717, 1.165) is 18.6 Å². The molecule has 1 N–H and O–H groups in total. The summed E-state index contributed by atoms with van der Waals surface area (Å²) in [5.74, 6) is -0.737. The van der Waals surface area contributed by atoms with Crippen LogP contribution in [0.5, 0.6) is 0 Å². The standard InChI is InChI=1S/C14H16ClFN2O3S/c15-11-8-10(2-3-12(11)16)22(20,21)18-7-5-14(9-18)4-1-6-17-13(14)19/h2-3,8H,1,4-7,9H2,(H,17,19)/t14-/m1/s1. The summed E-state index contributed by atoms with van der Waals surface area (Å²) in [6.07, 6.45) is 2.05. The molecule has 1 spiro atoms. The molecule has 2 fully saturated rings. The highest BCUT2D eigenvalue weighted by Crippen LogP contribution is 2.39. The second-order valence-electron chi connectivity index (χ2n) is 5.80. The molecule has 0 aliphatic carbocycles. The van der Waals surface area contributed by atoms with Gasteiger partial charge in [0.05, 0.1) is 15.3 Å². The van der Waals surface area contributed by atoms with E-state index in [2.05, 4.69) is 5.32 Å². The number of halogens is 2. The maximum absolute atomic E-state index is 13.2. The lowest BCUT2D eigenvalue weighted by Gasteiger charge is -2.32. The minimum atomic E-state index is -3.77. The molecule has 22 heavy (non-hydrogen) atoms. The summed E-state index contributed by atoms with van der Waals surface area (Å²) in [6.45, 7) is 1.09. The fourth-order valence-electron chi connectivity index (χ4n) is 3.15. The van der Waals surface area contributed by atoms with E-state index in [1.807, 2.05) is 0 Å². The molecule has 0 unspecified atom stereocenters. The maximum atomic E-state index is 13.2. The van der Waals surface area contributed by atoms with Crippen LogP contribution in [0.15, 0.2) is 23.1 Å². The first-order chi connectivity index (χ1) is 10.3. The Hall–Kier alpha value is -1.18.